The first kappa shape index (κ1) is 21.5. The largest absolute Gasteiger partial charge is 1.00 e. The normalized spacial score (nSPS) is 29.4. The van der Waals surface area contributed by atoms with Gasteiger partial charge in [0.25, 0.3) is 0 Å². The van der Waals surface area contributed by atoms with Crippen molar-refractivity contribution < 1.29 is 45.2 Å². The van der Waals surface area contributed by atoms with Gasteiger partial charge >= 0.3 is 157 Å². The average molecular weight is 445 g/mol. The van der Waals surface area contributed by atoms with Gasteiger partial charge in [0, 0.05) is 0 Å². The monoisotopic (exact) mass is 443 g/mol. The van der Waals surface area contributed by atoms with E-state index in [0.717, 1.165) is 6.04 Å². The second-order valence-electron chi connectivity index (χ2n) is 7.21. The van der Waals surface area contributed by atoms with Crippen LogP contribution in [0.4, 0.5) is 0 Å². The Morgan fingerprint density at radius 1 is 1.12 bits per heavy atom. The maximum atomic E-state index is 7.07. The molecule has 0 spiro atoms. The zero-order chi connectivity index (χ0) is 16.7. The molecule has 0 N–H and O–H groups in total. The molecule has 0 aromatic heterocycles. The van der Waals surface area contributed by atoms with Gasteiger partial charge in [-0.2, -0.15) is 0 Å². The number of benzene rings is 1. The molecule has 131 valence electrons. The first-order valence-electron chi connectivity index (χ1n) is 8.51. The summed E-state index contributed by atoms with van der Waals surface area (Å²) in [7, 11) is -1.73. The van der Waals surface area contributed by atoms with Crippen molar-refractivity contribution in [2.24, 2.45) is 5.92 Å². The van der Waals surface area contributed by atoms with Gasteiger partial charge in [-0.3, -0.25) is 0 Å². The van der Waals surface area contributed by atoms with Crippen molar-refractivity contribution in [2.75, 3.05) is 0 Å². The summed E-state index contributed by atoms with van der Waals surface area (Å²) < 4.78 is 0.539. The van der Waals surface area contributed by atoms with Gasteiger partial charge in [0.1, 0.15) is 0 Å². The van der Waals surface area contributed by atoms with E-state index in [2.05, 4.69) is 73.3 Å². The van der Waals surface area contributed by atoms with E-state index in [1.807, 2.05) is 0 Å². The Hall–Kier alpha value is 0.241. The van der Waals surface area contributed by atoms with E-state index >= 15 is 0 Å². The zero-order valence-corrected chi connectivity index (χ0v) is 20.1. The molecule has 0 nitrogen and oxygen atoms in total. The van der Waals surface area contributed by atoms with E-state index in [0.29, 0.717) is 10.1 Å². The molecule has 1 aliphatic heterocycles. The molecule has 3 unspecified atom stereocenters. The minimum atomic E-state index is -1.73. The number of rotatable bonds is 2. The number of halogens is 3. The summed E-state index contributed by atoms with van der Waals surface area (Å²) >= 11 is 9.42. The Bertz CT molecular complexity index is 852. The first-order chi connectivity index (χ1) is 10.8. The van der Waals surface area contributed by atoms with Crippen molar-refractivity contribution in [3.8, 4) is 0 Å². The van der Waals surface area contributed by atoms with E-state index in [1.165, 1.54) is 39.0 Å². The molecular weight excluding hydrogens is 423 g/mol. The standard InChI is InChI=1S/C20H22ClSi.2ClH.Ti/c1-6-22(21)17-10-15-8-7-9-16(19(15)20(17)22)18-13(4)11(2)12(3)14(18)5;;;/h7-10,13H,6H2,1-5H3;2*1H;/q;;;+2/p-2. The number of allylic oxidation sites excluding steroid dienone is 5. The van der Waals surface area contributed by atoms with E-state index in [-0.39, 0.29) is 24.8 Å². The maximum absolute atomic E-state index is 7.07. The van der Waals surface area contributed by atoms with Crippen molar-refractivity contribution in [1.82, 2.24) is 0 Å². The molecule has 3 aliphatic rings. The number of hydrogen-bond acceptors (Lipinski definition) is 0. The number of hydrogen-bond donors (Lipinski definition) is 0. The molecule has 0 saturated carbocycles. The molecule has 0 radical (unpaired) electrons. The van der Waals surface area contributed by atoms with Gasteiger partial charge in [0.15, 0.2) is 0 Å². The predicted octanol–water partition coefficient (Wildman–Crippen LogP) is 0.106. The van der Waals surface area contributed by atoms with Gasteiger partial charge in [-0.05, 0) is 0 Å². The second-order valence-corrected chi connectivity index (χ2v) is 13.4. The third-order valence-electron chi connectivity index (χ3n) is 6.39. The maximum Gasteiger partial charge on any atom is -1.00 e. The molecule has 1 aromatic rings. The molecule has 4 rings (SSSR count). The fourth-order valence-corrected chi connectivity index (χ4v) is 11.7. The van der Waals surface area contributed by atoms with Crippen LogP contribution >= 0.6 is 11.1 Å². The van der Waals surface area contributed by atoms with Crippen LogP contribution in [0.5, 0.6) is 0 Å². The van der Waals surface area contributed by atoms with E-state index in [9.17, 15) is 0 Å². The van der Waals surface area contributed by atoms with Gasteiger partial charge < -0.3 is 24.8 Å². The van der Waals surface area contributed by atoms with Crippen LogP contribution in [0.15, 0.2) is 40.1 Å². The molecule has 0 amide bonds. The SMILES string of the molecule is CC[Si]1(Cl)C2=C1[CH]([Ti+2])c1cccc(C3=C(C)C(C)=C(C)C3C)c12.[Cl-].[Cl-]. The van der Waals surface area contributed by atoms with Gasteiger partial charge in [-0.25, -0.2) is 0 Å². The zero-order valence-electron chi connectivity index (χ0n) is 15.2. The molecule has 3 atom stereocenters. The third-order valence-corrected chi connectivity index (χ3v) is 13.2. The quantitative estimate of drug-likeness (QED) is 0.449. The first-order valence-corrected chi connectivity index (χ1v) is 12.6. The molecule has 1 heterocycles. The molecule has 0 saturated heterocycles. The summed E-state index contributed by atoms with van der Waals surface area (Å²) in [5.41, 5.74) is 10.5. The van der Waals surface area contributed by atoms with Gasteiger partial charge in [-0.15, -0.1) is 0 Å². The van der Waals surface area contributed by atoms with Crippen LogP contribution in [0.25, 0.3) is 10.8 Å². The molecule has 0 bridgehead atoms. The summed E-state index contributed by atoms with van der Waals surface area (Å²) in [5, 5.41) is 3.20. The Balaban J connectivity index is 0.00000113. The van der Waals surface area contributed by atoms with E-state index in [1.54, 1.807) is 10.4 Å². The van der Waals surface area contributed by atoms with Crippen LogP contribution in [0.1, 0.15) is 55.5 Å². The van der Waals surface area contributed by atoms with Crippen LogP contribution in [0.2, 0.25) is 6.04 Å². The summed E-state index contributed by atoms with van der Waals surface area (Å²) in [6.45, 7) is 11.5. The van der Waals surface area contributed by atoms with Crippen LogP contribution in [-0.4, -0.2) is 7.38 Å². The van der Waals surface area contributed by atoms with Crippen LogP contribution < -0.4 is 24.8 Å². The Labute approximate surface area is 181 Å². The predicted molar refractivity (Wildman–Crippen MR) is 98.3 cm³/mol. The summed E-state index contributed by atoms with van der Waals surface area (Å²) in [5.74, 6) is 0.522. The fourth-order valence-electron chi connectivity index (χ4n) is 4.66. The Morgan fingerprint density at radius 2 is 1.76 bits per heavy atom. The minimum absolute atomic E-state index is 0. The van der Waals surface area contributed by atoms with Gasteiger partial charge in [0.05, 0.1) is 0 Å². The summed E-state index contributed by atoms with van der Waals surface area (Å²) in [6, 6.07) is 8.04. The summed E-state index contributed by atoms with van der Waals surface area (Å²) in [6.07, 6.45) is 0. The van der Waals surface area contributed by atoms with Crippen molar-refractivity contribution >= 4 is 29.2 Å². The van der Waals surface area contributed by atoms with Crippen LogP contribution in [0, 0.1) is 5.92 Å². The molecule has 0 fully saturated rings. The Morgan fingerprint density at radius 3 is 2.28 bits per heavy atom. The molecule has 2 aliphatic carbocycles. The second kappa shape index (κ2) is 7.00. The Kier molecular flexibility index (Phi) is 6.03. The smallest absolute Gasteiger partial charge is 1.00 e. The molecular formula is C20H22Cl3SiTi. The minimum Gasteiger partial charge on any atom is -1.00 e. The summed E-state index contributed by atoms with van der Waals surface area (Å²) in [4.78, 5) is 0. The van der Waals surface area contributed by atoms with E-state index < -0.39 is 7.38 Å². The topological polar surface area (TPSA) is 0 Å². The number of fused-ring (bicyclic) bond motifs is 2. The van der Waals surface area contributed by atoms with Crippen molar-refractivity contribution in [3.63, 3.8) is 0 Å². The van der Waals surface area contributed by atoms with E-state index in [4.69, 9.17) is 11.1 Å². The van der Waals surface area contributed by atoms with Gasteiger partial charge in [0.2, 0.25) is 0 Å². The molecule has 1 aromatic carbocycles. The van der Waals surface area contributed by atoms with Crippen molar-refractivity contribution in [1.29, 1.82) is 0 Å². The van der Waals surface area contributed by atoms with Crippen molar-refractivity contribution in [3.05, 3.63) is 56.8 Å². The van der Waals surface area contributed by atoms with Crippen molar-refractivity contribution in [2.45, 2.75) is 44.9 Å². The molecule has 5 heteroatoms. The van der Waals surface area contributed by atoms with Crippen LogP contribution in [-0.2, 0) is 20.4 Å². The third kappa shape index (κ3) is 2.65. The average Bonchev–Trinajstić information content (AvgIpc) is 2.96. The fraction of sp³-hybridized carbons (Fsp3) is 0.400. The molecule has 25 heavy (non-hydrogen) atoms. The van der Waals surface area contributed by atoms with Gasteiger partial charge in [-0.1, -0.05) is 0 Å². The van der Waals surface area contributed by atoms with Crippen LogP contribution in [0.3, 0.4) is 0 Å².